The number of nitrogens with one attached hydrogen (secondary N) is 1. The second-order valence-electron chi connectivity index (χ2n) is 7.50. The summed E-state index contributed by atoms with van der Waals surface area (Å²) in [6.07, 6.45) is 1.12. The standard InChI is InChI=1S/C22H22N4O4S/c1-30-16-5-3-15(4-6-16)26-21(29)17-7-2-14(12-18(17)24-22(26)31)20(28)25-10-8-13(9-11-25)19(23)27/h2-7,12-13H,8-11H2,1H3,(H2,23,27)(H,24,31). The summed E-state index contributed by atoms with van der Waals surface area (Å²) in [5.41, 5.74) is 6.66. The molecule has 1 aliphatic rings. The number of piperidine rings is 1. The Morgan fingerprint density at radius 2 is 1.81 bits per heavy atom. The molecule has 0 saturated carbocycles. The van der Waals surface area contributed by atoms with Crippen LogP contribution in [0.15, 0.2) is 47.3 Å². The molecule has 0 aliphatic carbocycles. The molecular weight excluding hydrogens is 416 g/mol. The third-order valence-electron chi connectivity index (χ3n) is 5.66. The highest BCUT2D eigenvalue weighted by Crippen LogP contribution is 2.21. The van der Waals surface area contributed by atoms with Crippen LogP contribution in [0.1, 0.15) is 23.2 Å². The minimum Gasteiger partial charge on any atom is -0.497 e. The molecule has 0 unspecified atom stereocenters. The SMILES string of the molecule is COc1ccc(-n2c(=S)[nH]c3cc(C(=O)N4CCC(C(N)=O)CC4)ccc3c2=O)cc1. The third-order valence-corrected chi connectivity index (χ3v) is 5.94. The van der Waals surface area contributed by atoms with Crippen molar-refractivity contribution in [1.82, 2.24) is 14.5 Å². The van der Waals surface area contributed by atoms with E-state index in [4.69, 9.17) is 22.7 Å². The number of likely N-dealkylation sites (tertiary alicyclic amines) is 1. The van der Waals surface area contributed by atoms with E-state index >= 15 is 0 Å². The van der Waals surface area contributed by atoms with Crippen LogP contribution in [0, 0.1) is 10.7 Å². The summed E-state index contributed by atoms with van der Waals surface area (Å²) in [6, 6.07) is 11.9. The van der Waals surface area contributed by atoms with E-state index in [1.54, 1.807) is 54.5 Å². The van der Waals surface area contributed by atoms with Crippen LogP contribution < -0.4 is 16.0 Å². The van der Waals surface area contributed by atoms with E-state index < -0.39 is 0 Å². The van der Waals surface area contributed by atoms with Crippen molar-refractivity contribution in [2.24, 2.45) is 11.7 Å². The maximum atomic E-state index is 13.1. The van der Waals surface area contributed by atoms with E-state index in [1.807, 2.05) is 0 Å². The number of aromatic amines is 1. The number of ether oxygens (including phenoxy) is 1. The smallest absolute Gasteiger partial charge is 0.266 e. The quantitative estimate of drug-likeness (QED) is 0.608. The van der Waals surface area contributed by atoms with E-state index in [-0.39, 0.29) is 28.1 Å². The summed E-state index contributed by atoms with van der Waals surface area (Å²) in [6.45, 7) is 0.944. The van der Waals surface area contributed by atoms with E-state index in [1.165, 1.54) is 4.57 Å². The molecule has 0 atom stereocenters. The number of aromatic nitrogens is 2. The second-order valence-corrected chi connectivity index (χ2v) is 7.88. The predicted molar refractivity (Wildman–Crippen MR) is 119 cm³/mol. The van der Waals surface area contributed by atoms with Crippen LogP contribution in [0.4, 0.5) is 0 Å². The van der Waals surface area contributed by atoms with Gasteiger partial charge in [-0.25, -0.2) is 0 Å². The number of carbonyl (C=O) groups excluding carboxylic acids is 2. The highest BCUT2D eigenvalue weighted by atomic mass is 32.1. The first-order valence-corrected chi connectivity index (χ1v) is 10.3. The molecule has 8 nitrogen and oxygen atoms in total. The van der Waals surface area contributed by atoms with Gasteiger partial charge in [-0.2, -0.15) is 0 Å². The molecule has 1 aliphatic heterocycles. The zero-order chi connectivity index (χ0) is 22.1. The van der Waals surface area contributed by atoms with Crippen molar-refractivity contribution >= 4 is 34.9 Å². The number of nitrogens with two attached hydrogens (primary N) is 1. The van der Waals surface area contributed by atoms with Gasteiger partial charge in [0.25, 0.3) is 11.5 Å². The third kappa shape index (κ3) is 3.96. The maximum Gasteiger partial charge on any atom is 0.266 e. The number of amides is 2. The highest BCUT2D eigenvalue weighted by Gasteiger charge is 2.26. The van der Waals surface area contributed by atoms with Crippen LogP contribution >= 0.6 is 12.2 Å². The fourth-order valence-electron chi connectivity index (χ4n) is 3.87. The van der Waals surface area contributed by atoms with Crippen LogP contribution in [0.5, 0.6) is 5.75 Å². The lowest BCUT2D eigenvalue weighted by molar-refractivity contribution is -0.123. The number of carbonyl (C=O) groups is 2. The fourth-order valence-corrected chi connectivity index (χ4v) is 4.16. The molecule has 0 radical (unpaired) electrons. The molecule has 0 bridgehead atoms. The monoisotopic (exact) mass is 438 g/mol. The Hall–Kier alpha value is -3.46. The summed E-state index contributed by atoms with van der Waals surface area (Å²) in [5.74, 6) is 0.0191. The highest BCUT2D eigenvalue weighted by molar-refractivity contribution is 7.71. The summed E-state index contributed by atoms with van der Waals surface area (Å²) >= 11 is 5.42. The van der Waals surface area contributed by atoms with Gasteiger partial charge in [0.2, 0.25) is 5.91 Å². The summed E-state index contributed by atoms with van der Waals surface area (Å²) in [5, 5.41) is 0.424. The molecular formula is C22H22N4O4S. The zero-order valence-corrected chi connectivity index (χ0v) is 17.8. The Labute approximate surface area is 183 Å². The molecule has 2 heterocycles. The molecule has 2 aromatic carbocycles. The first-order valence-electron chi connectivity index (χ1n) is 9.91. The van der Waals surface area contributed by atoms with E-state index in [9.17, 15) is 14.4 Å². The van der Waals surface area contributed by atoms with Gasteiger partial charge in [-0.1, -0.05) is 0 Å². The normalized spacial score (nSPS) is 14.5. The average Bonchev–Trinajstić information content (AvgIpc) is 2.78. The summed E-state index contributed by atoms with van der Waals surface area (Å²) in [4.78, 5) is 42.1. The number of rotatable bonds is 4. The van der Waals surface area contributed by atoms with Crippen LogP contribution in [0.25, 0.3) is 16.6 Å². The minimum atomic E-state index is -0.321. The van der Waals surface area contributed by atoms with Crippen LogP contribution in [0.3, 0.4) is 0 Å². The van der Waals surface area contributed by atoms with Gasteiger partial charge in [-0.15, -0.1) is 0 Å². The Bertz CT molecular complexity index is 1270. The van der Waals surface area contributed by atoms with Gasteiger partial charge < -0.3 is 20.4 Å². The number of hydrogen-bond donors (Lipinski definition) is 2. The van der Waals surface area contributed by atoms with Crippen molar-refractivity contribution in [2.75, 3.05) is 20.2 Å². The van der Waals surface area contributed by atoms with Gasteiger partial charge in [-0.3, -0.25) is 19.0 Å². The number of hydrogen-bond acceptors (Lipinski definition) is 5. The summed E-state index contributed by atoms with van der Waals surface area (Å²) in [7, 11) is 1.57. The number of nitrogens with zero attached hydrogens (tertiary/aromatic N) is 2. The van der Waals surface area contributed by atoms with Crippen LogP contribution in [0.2, 0.25) is 0 Å². The molecule has 3 N–H and O–H groups in total. The molecule has 0 spiro atoms. The van der Waals surface area contributed by atoms with Crippen molar-refractivity contribution in [3.8, 4) is 11.4 Å². The number of methoxy groups -OCH3 is 1. The topological polar surface area (TPSA) is 110 Å². The Kier molecular flexibility index (Phi) is 5.60. The molecule has 160 valence electrons. The average molecular weight is 439 g/mol. The van der Waals surface area contributed by atoms with Crippen molar-refractivity contribution in [3.05, 3.63) is 63.2 Å². The van der Waals surface area contributed by atoms with Crippen LogP contribution in [-0.2, 0) is 4.79 Å². The van der Waals surface area contributed by atoms with Gasteiger partial charge in [0, 0.05) is 24.6 Å². The lowest BCUT2D eigenvalue weighted by Gasteiger charge is -2.30. The van der Waals surface area contributed by atoms with Crippen molar-refractivity contribution < 1.29 is 14.3 Å². The number of H-pyrrole nitrogens is 1. The molecule has 4 rings (SSSR count). The van der Waals surface area contributed by atoms with Crippen molar-refractivity contribution in [2.45, 2.75) is 12.8 Å². The van der Waals surface area contributed by atoms with Crippen LogP contribution in [-0.4, -0.2) is 46.5 Å². The Morgan fingerprint density at radius 3 is 2.42 bits per heavy atom. The molecule has 31 heavy (non-hydrogen) atoms. The van der Waals surface area contributed by atoms with Gasteiger partial charge >= 0.3 is 0 Å². The van der Waals surface area contributed by atoms with Gasteiger partial charge in [0.05, 0.1) is 23.7 Å². The molecule has 1 aromatic heterocycles. The first kappa shape index (κ1) is 20.8. The number of primary amides is 1. The van der Waals surface area contributed by atoms with Gasteiger partial charge in [-0.05, 0) is 67.5 Å². The van der Waals surface area contributed by atoms with E-state index in [0.717, 1.165) is 0 Å². The number of fused-ring (bicyclic) bond motifs is 1. The lowest BCUT2D eigenvalue weighted by atomic mass is 9.96. The predicted octanol–water partition coefficient (Wildman–Crippen LogP) is 2.39. The maximum absolute atomic E-state index is 13.1. The van der Waals surface area contributed by atoms with Crippen molar-refractivity contribution in [3.63, 3.8) is 0 Å². The summed E-state index contributed by atoms with van der Waals surface area (Å²) < 4.78 is 6.80. The van der Waals surface area contributed by atoms with E-state index in [2.05, 4.69) is 4.98 Å². The Morgan fingerprint density at radius 1 is 1.13 bits per heavy atom. The van der Waals surface area contributed by atoms with Gasteiger partial charge in [0.1, 0.15) is 5.75 Å². The minimum absolute atomic E-state index is 0.150. The van der Waals surface area contributed by atoms with Crippen molar-refractivity contribution in [1.29, 1.82) is 0 Å². The molecule has 1 saturated heterocycles. The fraction of sp³-hybridized carbons (Fsp3) is 0.273. The van der Waals surface area contributed by atoms with Gasteiger partial charge in [0.15, 0.2) is 4.77 Å². The molecule has 2 amide bonds. The largest absolute Gasteiger partial charge is 0.497 e. The second kappa shape index (κ2) is 8.35. The molecule has 9 heteroatoms. The van der Waals surface area contributed by atoms with E-state index in [0.29, 0.717) is 53.8 Å². The lowest BCUT2D eigenvalue weighted by Crippen LogP contribution is -2.41. The first-order chi connectivity index (χ1) is 14.9. The number of benzene rings is 2. The zero-order valence-electron chi connectivity index (χ0n) is 17.0. The Balaban J connectivity index is 1.66. The molecule has 1 fully saturated rings. The molecule has 3 aromatic rings.